The summed E-state index contributed by atoms with van der Waals surface area (Å²) in [6.07, 6.45) is 4.82. The highest BCUT2D eigenvalue weighted by molar-refractivity contribution is 6.24. The molecule has 0 spiro atoms. The largest absolute Gasteiger partial charge is 0.348 e. The third-order valence-corrected chi connectivity index (χ3v) is 8.19. The third-order valence-electron chi connectivity index (χ3n) is 8.19. The average molecular weight is 631 g/mol. The summed E-state index contributed by atoms with van der Waals surface area (Å²) in [5, 5.41) is 9.71. The summed E-state index contributed by atoms with van der Waals surface area (Å²) in [6.45, 7) is 0.259. The molecule has 2 aliphatic heterocycles. The Morgan fingerprint density at radius 1 is 0.851 bits per heavy atom. The lowest BCUT2D eigenvalue weighted by Gasteiger charge is -2.27. The van der Waals surface area contributed by atoms with E-state index in [1.165, 1.54) is 30.6 Å². The summed E-state index contributed by atoms with van der Waals surface area (Å²) in [6, 6.07) is 14.7. The van der Waals surface area contributed by atoms with Gasteiger partial charge in [-0.15, -0.1) is 0 Å². The maximum absolute atomic E-state index is 13.1. The number of fused-ring (bicyclic) bond motifs is 4. The molecule has 3 N–H and O–H groups in total. The van der Waals surface area contributed by atoms with Crippen LogP contribution in [0, 0.1) is 0 Å². The van der Waals surface area contributed by atoms with E-state index in [4.69, 9.17) is 0 Å². The van der Waals surface area contributed by atoms with Crippen LogP contribution in [0.3, 0.4) is 0 Å². The Morgan fingerprint density at radius 2 is 1.62 bits per heavy atom. The Morgan fingerprint density at radius 3 is 2.43 bits per heavy atom. The van der Waals surface area contributed by atoms with Gasteiger partial charge >= 0.3 is 0 Å². The second kappa shape index (κ2) is 11.9. The highest BCUT2D eigenvalue weighted by Crippen LogP contribution is 2.29. The van der Waals surface area contributed by atoms with E-state index in [1.807, 2.05) is 41.0 Å². The zero-order valence-corrected chi connectivity index (χ0v) is 24.7. The first-order valence-corrected chi connectivity index (χ1v) is 14.8. The van der Waals surface area contributed by atoms with Gasteiger partial charge in [-0.2, -0.15) is 0 Å². The minimum Gasteiger partial charge on any atom is -0.348 e. The van der Waals surface area contributed by atoms with Gasteiger partial charge in [0.15, 0.2) is 0 Å². The highest BCUT2D eigenvalue weighted by atomic mass is 16.2. The number of nitrogens with zero attached hydrogens (tertiary/aromatic N) is 5. The van der Waals surface area contributed by atoms with Crippen molar-refractivity contribution >= 4 is 57.4 Å². The molecule has 1 atom stereocenters. The summed E-state index contributed by atoms with van der Waals surface area (Å²) in [5.41, 5.74) is 2.47. The van der Waals surface area contributed by atoms with Crippen LogP contribution < -0.4 is 16.0 Å². The summed E-state index contributed by atoms with van der Waals surface area (Å²) < 4.78 is 1.87. The molecule has 234 valence electrons. The van der Waals surface area contributed by atoms with Crippen LogP contribution in [0.2, 0.25) is 0 Å². The molecule has 2 aromatic carbocycles. The lowest BCUT2D eigenvalue weighted by molar-refractivity contribution is -0.136. The van der Waals surface area contributed by atoms with Gasteiger partial charge in [-0.25, -0.2) is 15.0 Å². The SMILES string of the molecule is O=C(Cn1c2ccccc2c2cccnc21)NCc1ncc(CNC(=O)c2ccc3c(c2)C(=O)N(C2CCC(=O)NC2=O)C3=O)cn1. The molecule has 0 saturated carbocycles. The fourth-order valence-electron chi connectivity index (χ4n) is 5.87. The van der Waals surface area contributed by atoms with Crippen LogP contribution in [0.15, 0.2) is 73.2 Å². The number of pyridine rings is 1. The topological polar surface area (TPSA) is 185 Å². The molecule has 0 bridgehead atoms. The molecular formula is C33H26N8O6. The zero-order valence-electron chi connectivity index (χ0n) is 24.7. The van der Waals surface area contributed by atoms with E-state index in [0.29, 0.717) is 11.4 Å². The highest BCUT2D eigenvalue weighted by Gasteiger charge is 2.44. The van der Waals surface area contributed by atoms with Crippen molar-refractivity contribution in [3.8, 4) is 0 Å². The van der Waals surface area contributed by atoms with Crippen LogP contribution in [-0.2, 0) is 34.0 Å². The number of para-hydroxylation sites is 1. The Labute approximate surface area is 266 Å². The van der Waals surface area contributed by atoms with Gasteiger partial charge in [0, 0.05) is 53.5 Å². The van der Waals surface area contributed by atoms with Gasteiger partial charge in [0.25, 0.3) is 17.7 Å². The maximum Gasteiger partial charge on any atom is 0.262 e. The third kappa shape index (κ3) is 5.45. The van der Waals surface area contributed by atoms with Crippen LogP contribution in [0.4, 0.5) is 0 Å². The Bertz CT molecular complexity index is 2090. The second-order valence-corrected chi connectivity index (χ2v) is 11.2. The molecule has 14 nitrogen and oxygen atoms in total. The molecule has 1 unspecified atom stereocenters. The molecule has 7 rings (SSSR count). The fourth-order valence-corrected chi connectivity index (χ4v) is 5.87. The van der Waals surface area contributed by atoms with Gasteiger partial charge in [-0.1, -0.05) is 18.2 Å². The number of piperidine rings is 1. The molecule has 1 saturated heterocycles. The van der Waals surface area contributed by atoms with E-state index in [1.54, 1.807) is 6.20 Å². The second-order valence-electron chi connectivity index (χ2n) is 11.2. The minimum atomic E-state index is -1.09. The number of benzene rings is 2. The number of carbonyl (C=O) groups excluding carboxylic acids is 6. The molecule has 14 heteroatoms. The van der Waals surface area contributed by atoms with Crippen LogP contribution in [-0.4, -0.2) is 65.9 Å². The maximum atomic E-state index is 13.1. The van der Waals surface area contributed by atoms with Crippen molar-refractivity contribution in [1.29, 1.82) is 0 Å². The van der Waals surface area contributed by atoms with Crippen molar-refractivity contribution < 1.29 is 28.8 Å². The monoisotopic (exact) mass is 630 g/mol. The molecule has 0 radical (unpaired) electrons. The number of hydrogen-bond acceptors (Lipinski definition) is 9. The van der Waals surface area contributed by atoms with E-state index in [2.05, 4.69) is 30.9 Å². The quantitative estimate of drug-likeness (QED) is 0.214. The molecule has 0 aliphatic carbocycles. The molecule has 5 aromatic rings. The summed E-state index contributed by atoms with van der Waals surface area (Å²) in [7, 11) is 0. The van der Waals surface area contributed by atoms with Crippen molar-refractivity contribution in [3.05, 3.63) is 101 Å². The van der Waals surface area contributed by atoms with Gasteiger partial charge < -0.3 is 15.2 Å². The van der Waals surface area contributed by atoms with E-state index >= 15 is 0 Å². The number of carbonyl (C=O) groups is 6. The van der Waals surface area contributed by atoms with Crippen LogP contribution in [0.5, 0.6) is 0 Å². The van der Waals surface area contributed by atoms with Gasteiger partial charge in [0.05, 0.1) is 23.2 Å². The lowest BCUT2D eigenvalue weighted by Crippen LogP contribution is -2.54. The number of aromatic nitrogens is 4. The molecule has 47 heavy (non-hydrogen) atoms. The predicted molar refractivity (Wildman–Crippen MR) is 165 cm³/mol. The van der Waals surface area contributed by atoms with Crippen LogP contribution in [0.25, 0.3) is 21.9 Å². The van der Waals surface area contributed by atoms with Crippen LogP contribution in [0.1, 0.15) is 55.3 Å². The molecule has 6 amide bonds. The van der Waals surface area contributed by atoms with E-state index < -0.39 is 35.6 Å². The van der Waals surface area contributed by atoms with E-state index in [9.17, 15) is 28.8 Å². The Kier molecular flexibility index (Phi) is 7.44. The zero-order chi connectivity index (χ0) is 32.7. The Balaban J connectivity index is 0.942. The predicted octanol–water partition coefficient (Wildman–Crippen LogP) is 1.63. The van der Waals surface area contributed by atoms with Crippen molar-refractivity contribution in [2.75, 3.05) is 0 Å². The number of rotatable bonds is 8. The standard InChI is InChI=1S/C33H26N8O6/c42-27-10-9-25(31(45)39-27)41-32(46)22-8-7-19(12-23(22)33(41)47)30(44)38-15-18-13-35-26(36-14-18)16-37-28(43)17-40-24-6-2-1-4-20(24)21-5-3-11-34-29(21)40/h1-8,11-14,25H,9-10,15-17H2,(H,37,43)(H,38,44)(H,39,42,45). The number of hydrogen-bond donors (Lipinski definition) is 3. The number of nitrogens with one attached hydrogen (secondary N) is 3. The molecule has 5 heterocycles. The number of amides is 6. The summed E-state index contributed by atoms with van der Waals surface area (Å²) in [4.78, 5) is 89.4. The van der Waals surface area contributed by atoms with Crippen LogP contribution >= 0.6 is 0 Å². The Hall–Kier alpha value is -6.31. The van der Waals surface area contributed by atoms with E-state index in [-0.39, 0.29) is 55.1 Å². The molecule has 2 aliphatic rings. The number of imide groups is 2. The fraction of sp³-hybridized carbons (Fsp3) is 0.182. The lowest BCUT2D eigenvalue weighted by atomic mass is 10.0. The van der Waals surface area contributed by atoms with Gasteiger partial charge in [0.1, 0.15) is 24.1 Å². The smallest absolute Gasteiger partial charge is 0.262 e. The first-order chi connectivity index (χ1) is 22.8. The normalized spacial score (nSPS) is 16.0. The molecular weight excluding hydrogens is 604 g/mol. The molecule has 1 fully saturated rings. The summed E-state index contributed by atoms with van der Waals surface area (Å²) >= 11 is 0. The van der Waals surface area contributed by atoms with Crippen molar-refractivity contribution in [2.45, 2.75) is 38.5 Å². The first kappa shape index (κ1) is 29.4. The van der Waals surface area contributed by atoms with Crippen molar-refractivity contribution in [1.82, 2.24) is 40.4 Å². The van der Waals surface area contributed by atoms with Gasteiger partial charge in [-0.3, -0.25) is 39.0 Å². The summed E-state index contributed by atoms with van der Waals surface area (Å²) in [5.74, 6) is -2.85. The van der Waals surface area contributed by atoms with E-state index in [0.717, 1.165) is 26.8 Å². The average Bonchev–Trinajstić information content (AvgIpc) is 3.53. The first-order valence-electron chi connectivity index (χ1n) is 14.8. The van der Waals surface area contributed by atoms with Crippen molar-refractivity contribution in [2.24, 2.45) is 0 Å². The minimum absolute atomic E-state index is 0.0106. The van der Waals surface area contributed by atoms with Gasteiger partial charge in [0.2, 0.25) is 17.7 Å². The molecule has 3 aromatic heterocycles. The van der Waals surface area contributed by atoms with Crippen molar-refractivity contribution in [3.63, 3.8) is 0 Å². The van der Waals surface area contributed by atoms with Gasteiger partial charge in [-0.05, 0) is 42.8 Å².